The van der Waals surface area contributed by atoms with Crippen LogP contribution in [0.5, 0.6) is 0 Å². The highest BCUT2D eigenvalue weighted by Crippen LogP contribution is 2.49. The summed E-state index contributed by atoms with van der Waals surface area (Å²) in [6, 6.07) is 6.34. The molecule has 0 saturated heterocycles. The highest BCUT2D eigenvalue weighted by molar-refractivity contribution is 6.40. The summed E-state index contributed by atoms with van der Waals surface area (Å²) in [6.45, 7) is 1.97. The molecular weight excluding hydrogens is 306 g/mol. The molecule has 0 aliphatic heterocycles. The first-order valence-electron chi connectivity index (χ1n) is 8.46. The zero-order valence-corrected chi connectivity index (χ0v) is 13.7. The van der Waals surface area contributed by atoms with Crippen LogP contribution in [0.25, 0.3) is 0 Å². The van der Waals surface area contributed by atoms with E-state index in [0.29, 0.717) is 11.8 Å². The maximum absolute atomic E-state index is 12.2. The Balaban J connectivity index is 1.59. The van der Waals surface area contributed by atoms with Gasteiger partial charge in [-0.25, -0.2) is 0 Å². The van der Waals surface area contributed by atoms with Gasteiger partial charge in [-0.3, -0.25) is 14.4 Å². The minimum absolute atomic E-state index is 0.0232. The van der Waals surface area contributed by atoms with Crippen LogP contribution in [-0.4, -0.2) is 23.8 Å². The van der Waals surface area contributed by atoms with E-state index in [-0.39, 0.29) is 17.3 Å². The Morgan fingerprint density at radius 1 is 1.12 bits per heavy atom. The second-order valence-electron chi connectivity index (χ2n) is 6.96. The molecule has 128 valence electrons. The molecule has 1 aromatic rings. The van der Waals surface area contributed by atoms with Crippen LogP contribution in [0, 0.1) is 17.8 Å². The van der Waals surface area contributed by atoms with Crippen molar-refractivity contribution in [2.45, 2.75) is 38.6 Å². The van der Waals surface area contributed by atoms with Crippen molar-refractivity contribution in [2.75, 3.05) is 5.32 Å². The molecule has 2 fully saturated rings. The zero-order valence-electron chi connectivity index (χ0n) is 13.7. The number of para-hydroxylation sites is 1. The molecule has 2 bridgehead atoms. The van der Waals surface area contributed by atoms with Gasteiger partial charge in [-0.2, -0.15) is 0 Å². The molecule has 6 heteroatoms. The van der Waals surface area contributed by atoms with Crippen LogP contribution in [0.3, 0.4) is 0 Å². The van der Waals surface area contributed by atoms with Gasteiger partial charge >= 0.3 is 11.8 Å². The van der Waals surface area contributed by atoms with E-state index >= 15 is 0 Å². The van der Waals surface area contributed by atoms with Crippen LogP contribution in [0.1, 0.15) is 43.0 Å². The van der Waals surface area contributed by atoms with Crippen LogP contribution in [0.4, 0.5) is 5.69 Å². The van der Waals surface area contributed by atoms with Crippen LogP contribution < -0.4 is 16.4 Å². The van der Waals surface area contributed by atoms with E-state index in [1.165, 1.54) is 25.3 Å². The molecule has 2 saturated carbocycles. The number of hydrogen-bond donors (Lipinski definition) is 3. The van der Waals surface area contributed by atoms with E-state index in [2.05, 4.69) is 10.6 Å². The number of primary amides is 1. The largest absolute Gasteiger partial charge is 0.366 e. The van der Waals surface area contributed by atoms with Gasteiger partial charge in [0.1, 0.15) is 0 Å². The van der Waals surface area contributed by atoms with Crippen LogP contribution in [-0.2, 0) is 9.59 Å². The number of carbonyl (C=O) groups excluding carboxylic acids is 3. The number of benzene rings is 1. The molecule has 4 N–H and O–H groups in total. The quantitative estimate of drug-likeness (QED) is 0.732. The Labute approximate surface area is 141 Å². The molecule has 0 spiro atoms. The second-order valence-corrected chi connectivity index (χ2v) is 6.96. The topological polar surface area (TPSA) is 101 Å². The van der Waals surface area contributed by atoms with E-state index in [1.54, 1.807) is 18.2 Å². The number of amides is 3. The van der Waals surface area contributed by atoms with Crippen molar-refractivity contribution in [3.8, 4) is 0 Å². The van der Waals surface area contributed by atoms with E-state index < -0.39 is 17.7 Å². The molecule has 0 radical (unpaired) electrons. The molecule has 3 rings (SSSR count). The summed E-state index contributed by atoms with van der Waals surface area (Å²) in [6.07, 6.45) is 4.92. The Kier molecular flexibility index (Phi) is 4.55. The molecule has 6 nitrogen and oxygen atoms in total. The first-order chi connectivity index (χ1) is 11.5. The Hall–Kier alpha value is -2.37. The summed E-state index contributed by atoms with van der Waals surface area (Å²) in [7, 11) is 0. The first-order valence-corrected chi connectivity index (χ1v) is 8.46. The van der Waals surface area contributed by atoms with Gasteiger partial charge in [0, 0.05) is 6.04 Å². The van der Waals surface area contributed by atoms with Gasteiger partial charge < -0.3 is 16.4 Å². The van der Waals surface area contributed by atoms with Gasteiger partial charge in [0.25, 0.3) is 5.91 Å². The maximum atomic E-state index is 12.2. The lowest BCUT2D eigenvalue weighted by Crippen LogP contribution is -2.45. The number of anilines is 1. The highest BCUT2D eigenvalue weighted by Gasteiger charge is 2.42. The summed E-state index contributed by atoms with van der Waals surface area (Å²) in [4.78, 5) is 35.7. The van der Waals surface area contributed by atoms with E-state index in [4.69, 9.17) is 5.73 Å². The fourth-order valence-corrected chi connectivity index (χ4v) is 4.27. The summed E-state index contributed by atoms with van der Waals surface area (Å²) in [5.74, 6) is -0.192. The third kappa shape index (κ3) is 3.27. The lowest BCUT2D eigenvalue weighted by Gasteiger charge is -2.28. The van der Waals surface area contributed by atoms with Gasteiger partial charge in [0.2, 0.25) is 0 Å². The number of nitrogens with two attached hydrogens (primary N) is 1. The molecule has 2 aliphatic carbocycles. The Morgan fingerprint density at radius 2 is 1.88 bits per heavy atom. The van der Waals surface area contributed by atoms with Crippen molar-refractivity contribution in [3.63, 3.8) is 0 Å². The van der Waals surface area contributed by atoms with Gasteiger partial charge in [0.05, 0.1) is 11.3 Å². The zero-order chi connectivity index (χ0) is 17.3. The van der Waals surface area contributed by atoms with E-state index in [1.807, 2.05) is 6.92 Å². The van der Waals surface area contributed by atoms with Crippen LogP contribution >= 0.6 is 0 Å². The average molecular weight is 329 g/mol. The average Bonchev–Trinajstić information content (AvgIpc) is 3.18. The molecular formula is C18H23N3O3. The smallest absolute Gasteiger partial charge is 0.313 e. The first kappa shape index (κ1) is 16.5. The fraction of sp³-hybridized carbons (Fsp3) is 0.500. The molecule has 0 aromatic heterocycles. The van der Waals surface area contributed by atoms with Gasteiger partial charge in [-0.05, 0) is 56.1 Å². The van der Waals surface area contributed by atoms with Crippen molar-refractivity contribution < 1.29 is 14.4 Å². The number of nitrogens with one attached hydrogen (secondary N) is 2. The highest BCUT2D eigenvalue weighted by atomic mass is 16.2. The minimum Gasteiger partial charge on any atom is -0.366 e. The van der Waals surface area contributed by atoms with Crippen molar-refractivity contribution in [1.29, 1.82) is 0 Å². The van der Waals surface area contributed by atoms with Crippen molar-refractivity contribution >= 4 is 23.4 Å². The van der Waals surface area contributed by atoms with Crippen molar-refractivity contribution in [3.05, 3.63) is 29.8 Å². The van der Waals surface area contributed by atoms with Crippen molar-refractivity contribution in [2.24, 2.45) is 23.5 Å². The maximum Gasteiger partial charge on any atom is 0.313 e. The molecule has 24 heavy (non-hydrogen) atoms. The molecule has 4 atom stereocenters. The number of carbonyl (C=O) groups is 3. The third-order valence-corrected chi connectivity index (χ3v) is 5.44. The summed E-state index contributed by atoms with van der Waals surface area (Å²) in [5.41, 5.74) is 5.70. The predicted octanol–water partition coefficient (Wildman–Crippen LogP) is 1.66. The van der Waals surface area contributed by atoms with E-state index in [0.717, 1.165) is 12.3 Å². The number of hydrogen-bond acceptors (Lipinski definition) is 3. The lowest BCUT2D eigenvalue weighted by molar-refractivity contribution is -0.136. The van der Waals surface area contributed by atoms with Gasteiger partial charge in [-0.15, -0.1) is 0 Å². The van der Waals surface area contributed by atoms with Crippen molar-refractivity contribution in [1.82, 2.24) is 5.32 Å². The van der Waals surface area contributed by atoms with Gasteiger partial charge in [-0.1, -0.05) is 18.6 Å². The van der Waals surface area contributed by atoms with Gasteiger partial charge in [0.15, 0.2) is 0 Å². The molecule has 4 unspecified atom stereocenters. The Bertz CT molecular complexity index is 673. The second kappa shape index (κ2) is 6.63. The summed E-state index contributed by atoms with van der Waals surface area (Å²) < 4.78 is 0. The molecule has 1 aromatic carbocycles. The number of rotatable bonds is 4. The lowest BCUT2D eigenvalue weighted by atomic mass is 9.84. The predicted molar refractivity (Wildman–Crippen MR) is 90.1 cm³/mol. The monoisotopic (exact) mass is 329 g/mol. The number of fused-ring (bicyclic) bond motifs is 2. The summed E-state index contributed by atoms with van der Waals surface area (Å²) in [5, 5.41) is 5.28. The third-order valence-electron chi connectivity index (χ3n) is 5.44. The van der Waals surface area contributed by atoms with Crippen LogP contribution in [0.15, 0.2) is 24.3 Å². The Morgan fingerprint density at radius 3 is 2.50 bits per heavy atom. The summed E-state index contributed by atoms with van der Waals surface area (Å²) >= 11 is 0. The van der Waals surface area contributed by atoms with E-state index in [9.17, 15) is 14.4 Å². The minimum atomic E-state index is -0.779. The fourth-order valence-electron chi connectivity index (χ4n) is 4.27. The molecule has 3 amide bonds. The standard InChI is InChI=1S/C18H23N3O3/c1-10(14-9-11-6-7-12(14)8-11)20-17(23)18(24)21-15-5-3-2-4-13(15)16(19)22/h2-5,10-12,14H,6-9H2,1H3,(H2,19,22)(H,20,23)(H,21,24). The normalized spacial score (nSPS) is 26.0. The molecule has 2 aliphatic rings. The SMILES string of the molecule is CC(NC(=O)C(=O)Nc1ccccc1C(N)=O)C1CC2CCC1C2. The molecule has 0 heterocycles. The van der Waals surface area contributed by atoms with Crippen LogP contribution in [0.2, 0.25) is 0 Å².